The smallest absolute Gasteiger partial charge is 0.182 e. The summed E-state index contributed by atoms with van der Waals surface area (Å²) in [7, 11) is -0.984. The summed E-state index contributed by atoms with van der Waals surface area (Å²) in [6.45, 7) is 4.53. The largest absolute Gasteiger partial charge is 0.399 e. The van der Waals surface area contributed by atoms with E-state index < -0.39 is 10.8 Å². The highest BCUT2D eigenvalue weighted by molar-refractivity contribution is 7.88. The molecular weight excluding hydrogens is 288 g/mol. The topological polar surface area (TPSA) is 56.0 Å². The quantitative estimate of drug-likeness (QED) is 0.858. The van der Waals surface area contributed by atoms with Crippen LogP contribution in [-0.2, 0) is 10.8 Å². The third-order valence-corrected chi connectivity index (χ3v) is 6.98. The Bertz CT molecular complexity index is 642. The van der Waals surface area contributed by atoms with Gasteiger partial charge in [-0.3, -0.25) is 4.21 Å². The Balaban J connectivity index is 1.88. The molecule has 1 aliphatic rings. The van der Waals surface area contributed by atoms with Crippen LogP contribution >= 0.6 is 11.3 Å². The number of hydrogen-bond donors (Lipinski definition) is 1. The average Bonchev–Trinajstić information content (AvgIpc) is 2.79. The van der Waals surface area contributed by atoms with E-state index in [1.807, 2.05) is 18.2 Å². The molecule has 108 valence electrons. The maximum Gasteiger partial charge on any atom is 0.182 e. The lowest BCUT2D eigenvalue weighted by molar-refractivity contribution is 0.305. The average molecular weight is 308 g/mol. The second-order valence-corrected chi connectivity index (χ2v) is 8.98. The number of nitrogens with zero attached hydrogens (tertiary/aromatic N) is 1. The van der Waals surface area contributed by atoms with Gasteiger partial charge in [0.15, 0.2) is 4.34 Å². The first-order valence-electron chi connectivity index (χ1n) is 7.09. The van der Waals surface area contributed by atoms with Crippen molar-refractivity contribution in [3.8, 4) is 0 Å². The van der Waals surface area contributed by atoms with Crippen molar-refractivity contribution >= 4 is 38.0 Å². The van der Waals surface area contributed by atoms with Gasteiger partial charge in [-0.15, -0.1) is 11.3 Å². The molecule has 20 heavy (non-hydrogen) atoms. The molecule has 5 heteroatoms. The van der Waals surface area contributed by atoms with Crippen LogP contribution in [0.3, 0.4) is 0 Å². The van der Waals surface area contributed by atoms with Gasteiger partial charge in [0.1, 0.15) is 0 Å². The lowest BCUT2D eigenvalue weighted by atomic mass is 9.83. The van der Waals surface area contributed by atoms with E-state index in [0.717, 1.165) is 33.1 Å². The van der Waals surface area contributed by atoms with Crippen LogP contribution in [0.4, 0.5) is 5.69 Å². The van der Waals surface area contributed by atoms with Gasteiger partial charge in [0.05, 0.1) is 21.0 Å². The van der Waals surface area contributed by atoms with Gasteiger partial charge in [0, 0.05) is 10.9 Å². The number of fused-ring (bicyclic) bond motifs is 1. The summed E-state index contributed by atoms with van der Waals surface area (Å²) in [5.41, 5.74) is 7.43. The van der Waals surface area contributed by atoms with Gasteiger partial charge in [0.2, 0.25) is 0 Å². The molecule has 1 saturated carbocycles. The minimum Gasteiger partial charge on any atom is -0.399 e. The van der Waals surface area contributed by atoms with Crippen molar-refractivity contribution in [1.82, 2.24) is 4.98 Å². The highest BCUT2D eigenvalue weighted by atomic mass is 32.2. The number of aromatic nitrogens is 1. The molecule has 3 rings (SSSR count). The first kappa shape index (κ1) is 14.0. The number of nitrogens with two attached hydrogens (primary N) is 1. The summed E-state index contributed by atoms with van der Waals surface area (Å²) in [5.74, 6) is 1.33. The number of anilines is 1. The van der Waals surface area contributed by atoms with Crippen molar-refractivity contribution in [1.29, 1.82) is 0 Å². The first-order chi connectivity index (χ1) is 9.52. The van der Waals surface area contributed by atoms with Crippen molar-refractivity contribution in [3.63, 3.8) is 0 Å². The molecule has 0 amide bonds. The van der Waals surface area contributed by atoms with Crippen LogP contribution in [0.1, 0.15) is 33.1 Å². The zero-order valence-corrected chi connectivity index (χ0v) is 13.5. The molecule has 1 heterocycles. The fraction of sp³-hybridized carbons (Fsp3) is 0.533. The van der Waals surface area contributed by atoms with E-state index in [9.17, 15) is 4.21 Å². The van der Waals surface area contributed by atoms with Crippen LogP contribution in [0.2, 0.25) is 0 Å². The van der Waals surface area contributed by atoms with Gasteiger partial charge >= 0.3 is 0 Å². The summed E-state index contributed by atoms with van der Waals surface area (Å²) in [6, 6.07) is 5.67. The van der Waals surface area contributed by atoms with Crippen molar-refractivity contribution in [2.24, 2.45) is 11.8 Å². The Labute approximate surface area is 126 Å². The Hall–Kier alpha value is -0.940. The molecule has 0 spiro atoms. The standard InChI is InChI=1S/C15H20N2OS2/c1-9-5-10(2)7-12(6-9)20(18)15-17-13-4-3-11(16)8-14(13)19-15/h3-4,8-10,12H,5-7,16H2,1-2H3. The number of rotatable bonds is 2. The minimum atomic E-state index is -0.984. The van der Waals surface area contributed by atoms with Crippen LogP contribution < -0.4 is 5.73 Å². The predicted molar refractivity (Wildman–Crippen MR) is 86.4 cm³/mol. The Morgan fingerprint density at radius 1 is 1.25 bits per heavy atom. The number of nitrogen functional groups attached to an aromatic ring is 1. The summed E-state index contributed by atoms with van der Waals surface area (Å²) in [6.07, 6.45) is 3.36. The monoisotopic (exact) mass is 308 g/mol. The SMILES string of the molecule is CC1CC(C)CC(S(=O)c2nc3ccc(N)cc3s2)C1. The molecule has 3 unspecified atom stereocenters. The summed E-state index contributed by atoms with van der Waals surface area (Å²) < 4.78 is 14.6. The fourth-order valence-corrected chi connectivity index (χ4v) is 6.43. The lowest BCUT2D eigenvalue weighted by Crippen LogP contribution is -2.27. The molecule has 0 saturated heterocycles. The molecule has 1 fully saturated rings. The molecular formula is C15H20N2OS2. The van der Waals surface area contributed by atoms with E-state index in [4.69, 9.17) is 5.73 Å². The fourth-order valence-electron chi connectivity index (χ4n) is 3.20. The zero-order valence-electron chi connectivity index (χ0n) is 11.8. The minimum absolute atomic E-state index is 0.256. The van der Waals surface area contributed by atoms with E-state index >= 15 is 0 Å². The van der Waals surface area contributed by atoms with Crippen LogP contribution in [0.5, 0.6) is 0 Å². The molecule has 0 radical (unpaired) electrons. The van der Waals surface area contributed by atoms with Crippen LogP contribution in [-0.4, -0.2) is 14.4 Å². The summed E-state index contributed by atoms with van der Waals surface area (Å²) in [5, 5.41) is 0.256. The van der Waals surface area contributed by atoms with E-state index in [1.165, 1.54) is 17.8 Å². The molecule has 2 aromatic rings. The summed E-state index contributed by atoms with van der Waals surface area (Å²) >= 11 is 1.52. The molecule has 3 nitrogen and oxygen atoms in total. The maximum atomic E-state index is 12.8. The van der Waals surface area contributed by atoms with Crippen molar-refractivity contribution < 1.29 is 4.21 Å². The molecule has 1 aliphatic carbocycles. The van der Waals surface area contributed by atoms with Crippen molar-refractivity contribution in [2.45, 2.75) is 42.7 Å². The van der Waals surface area contributed by atoms with Crippen LogP contribution in [0.25, 0.3) is 10.2 Å². The second kappa shape index (κ2) is 5.45. The van der Waals surface area contributed by atoms with Gasteiger partial charge in [-0.05, 0) is 49.3 Å². The van der Waals surface area contributed by atoms with Crippen molar-refractivity contribution in [2.75, 3.05) is 5.73 Å². The molecule has 3 atom stereocenters. The first-order valence-corrected chi connectivity index (χ1v) is 9.12. The number of benzene rings is 1. The zero-order chi connectivity index (χ0) is 14.3. The molecule has 2 N–H and O–H groups in total. The van der Waals surface area contributed by atoms with Gasteiger partial charge in [-0.2, -0.15) is 0 Å². The number of hydrogen-bond acceptors (Lipinski definition) is 4. The molecule has 1 aromatic carbocycles. The Morgan fingerprint density at radius 3 is 2.65 bits per heavy atom. The molecule has 0 aliphatic heterocycles. The predicted octanol–water partition coefficient (Wildman–Crippen LogP) is 3.81. The highest BCUT2D eigenvalue weighted by Crippen LogP contribution is 2.35. The molecule has 1 aromatic heterocycles. The second-order valence-electron chi connectivity index (χ2n) is 6.04. The highest BCUT2D eigenvalue weighted by Gasteiger charge is 2.30. The van der Waals surface area contributed by atoms with Gasteiger partial charge < -0.3 is 5.73 Å². The Kier molecular flexibility index (Phi) is 3.82. The van der Waals surface area contributed by atoms with Gasteiger partial charge in [-0.1, -0.05) is 13.8 Å². The molecule has 0 bridgehead atoms. The maximum absolute atomic E-state index is 12.8. The van der Waals surface area contributed by atoms with E-state index in [1.54, 1.807) is 0 Å². The van der Waals surface area contributed by atoms with Gasteiger partial charge in [0.25, 0.3) is 0 Å². The number of thiazole rings is 1. The van der Waals surface area contributed by atoms with E-state index in [0.29, 0.717) is 11.8 Å². The van der Waals surface area contributed by atoms with Crippen LogP contribution in [0, 0.1) is 11.8 Å². The normalized spacial score (nSPS) is 28.6. The summed E-state index contributed by atoms with van der Waals surface area (Å²) in [4.78, 5) is 4.54. The third-order valence-electron chi connectivity index (χ3n) is 4.00. The van der Waals surface area contributed by atoms with E-state index in [2.05, 4.69) is 18.8 Å². The van der Waals surface area contributed by atoms with Gasteiger partial charge in [-0.25, -0.2) is 4.98 Å². The van der Waals surface area contributed by atoms with Crippen molar-refractivity contribution in [3.05, 3.63) is 18.2 Å². The Morgan fingerprint density at radius 2 is 1.95 bits per heavy atom. The van der Waals surface area contributed by atoms with E-state index in [-0.39, 0.29) is 5.25 Å². The van der Waals surface area contributed by atoms with Crippen LogP contribution in [0.15, 0.2) is 22.5 Å². The third kappa shape index (κ3) is 2.74. The lowest BCUT2D eigenvalue weighted by Gasteiger charge is -2.30.